The molecule has 0 saturated carbocycles. The summed E-state index contributed by atoms with van der Waals surface area (Å²) in [5.74, 6) is 0.573. The van der Waals surface area contributed by atoms with E-state index in [2.05, 4.69) is 64.8 Å². The minimum absolute atomic E-state index is 0.573. The number of aromatic nitrogens is 6. The van der Waals surface area contributed by atoms with Gasteiger partial charge in [0.15, 0.2) is 6.29 Å². The van der Waals surface area contributed by atoms with Crippen LogP contribution in [0.4, 0.5) is 0 Å². The highest BCUT2D eigenvalue weighted by Crippen LogP contribution is 2.30. The number of carbonyl (C=O) groups is 1. The SMILES string of the molecule is CCCCc1nn(CCC)c(C=O)c1Cc1ccc(-c2ccccc2-c2nn[nH]n2)cc1. The van der Waals surface area contributed by atoms with Crippen molar-refractivity contribution >= 4 is 6.29 Å². The van der Waals surface area contributed by atoms with Gasteiger partial charge in [0.05, 0.1) is 5.69 Å². The first kappa shape index (κ1) is 21.6. The second-order valence-electron chi connectivity index (χ2n) is 7.91. The van der Waals surface area contributed by atoms with E-state index >= 15 is 0 Å². The van der Waals surface area contributed by atoms with Crippen molar-refractivity contribution in [2.45, 2.75) is 52.5 Å². The summed E-state index contributed by atoms with van der Waals surface area (Å²) in [6.45, 7) is 5.04. The molecule has 0 unspecified atom stereocenters. The summed E-state index contributed by atoms with van der Waals surface area (Å²) < 4.78 is 1.88. The normalized spacial score (nSPS) is 11.1. The number of nitrogens with zero attached hydrogens (tertiary/aromatic N) is 5. The number of hydrogen-bond acceptors (Lipinski definition) is 5. The Balaban J connectivity index is 1.64. The van der Waals surface area contributed by atoms with Crippen molar-refractivity contribution < 1.29 is 4.79 Å². The van der Waals surface area contributed by atoms with E-state index in [1.54, 1.807) is 0 Å². The first-order valence-corrected chi connectivity index (χ1v) is 11.2. The van der Waals surface area contributed by atoms with Gasteiger partial charge in [-0.3, -0.25) is 9.48 Å². The standard InChI is InChI=1S/C25H28N6O/c1-3-5-10-23-22(24(17-32)31(28-23)15-4-2)16-18-11-13-19(14-12-18)20-8-6-7-9-21(20)25-26-29-30-27-25/h6-9,11-14,17H,3-5,10,15-16H2,1-2H3,(H,26,27,29,30). The molecule has 0 atom stereocenters. The summed E-state index contributed by atoms with van der Waals surface area (Å²) in [7, 11) is 0. The molecule has 2 aromatic carbocycles. The van der Waals surface area contributed by atoms with Crippen LogP contribution in [0.25, 0.3) is 22.5 Å². The van der Waals surface area contributed by atoms with E-state index in [-0.39, 0.29) is 0 Å². The van der Waals surface area contributed by atoms with Gasteiger partial charge in [-0.05, 0) is 41.2 Å². The third-order valence-corrected chi connectivity index (χ3v) is 5.65. The smallest absolute Gasteiger partial charge is 0.205 e. The summed E-state index contributed by atoms with van der Waals surface area (Å²) in [5, 5.41) is 19.2. The number of carbonyl (C=O) groups excluding carboxylic acids is 1. The highest BCUT2D eigenvalue weighted by atomic mass is 16.1. The lowest BCUT2D eigenvalue weighted by atomic mass is 9.96. The molecule has 4 aromatic rings. The third kappa shape index (κ3) is 4.51. The molecule has 0 radical (unpaired) electrons. The minimum atomic E-state index is 0.573. The van der Waals surface area contributed by atoms with Crippen LogP contribution in [0.1, 0.15) is 60.4 Å². The molecular formula is C25H28N6O. The van der Waals surface area contributed by atoms with Crippen LogP contribution in [0.3, 0.4) is 0 Å². The molecule has 2 aromatic heterocycles. The van der Waals surface area contributed by atoms with Crippen molar-refractivity contribution in [2.24, 2.45) is 0 Å². The van der Waals surface area contributed by atoms with Crippen molar-refractivity contribution in [1.29, 1.82) is 0 Å². The van der Waals surface area contributed by atoms with E-state index in [1.807, 2.05) is 22.9 Å². The number of aryl methyl sites for hydroxylation is 2. The molecule has 0 aliphatic rings. The lowest BCUT2D eigenvalue weighted by Crippen LogP contribution is -2.05. The van der Waals surface area contributed by atoms with E-state index in [9.17, 15) is 4.79 Å². The molecule has 7 heteroatoms. The fourth-order valence-electron chi connectivity index (χ4n) is 4.03. The fraction of sp³-hybridized carbons (Fsp3) is 0.320. The Labute approximate surface area is 187 Å². The molecule has 32 heavy (non-hydrogen) atoms. The topological polar surface area (TPSA) is 89.4 Å². The van der Waals surface area contributed by atoms with Gasteiger partial charge in [0.1, 0.15) is 5.69 Å². The third-order valence-electron chi connectivity index (χ3n) is 5.65. The number of aromatic amines is 1. The van der Waals surface area contributed by atoms with Gasteiger partial charge >= 0.3 is 0 Å². The monoisotopic (exact) mass is 428 g/mol. The van der Waals surface area contributed by atoms with Crippen LogP contribution in [-0.4, -0.2) is 36.7 Å². The van der Waals surface area contributed by atoms with Gasteiger partial charge in [0.2, 0.25) is 5.82 Å². The molecule has 4 rings (SSSR count). The van der Waals surface area contributed by atoms with Crippen LogP contribution in [0.15, 0.2) is 48.5 Å². The van der Waals surface area contributed by atoms with Gasteiger partial charge < -0.3 is 0 Å². The van der Waals surface area contributed by atoms with Crippen LogP contribution in [0, 0.1) is 0 Å². The van der Waals surface area contributed by atoms with Gasteiger partial charge in [-0.1, -0.05) is 68.8 Å². The van der Waals surface area contributed by atoms with Crippen LogP contribution >= 0.6 is 0 Å². The van der Waals surface area contributed by atoms with Gasteiger partial charge in [-0.25, -0.2) is 0 Å². The molecule has 7 nitrogen and oxygen atoms in total. The highest BCUT2D eigenvalue weighted by molar-refractivity contribution is 5.80. The van der Waals surface area contributed by atoms with Gasteiger partial charge in [0.25, 0.3) is 0 Å². The molecule has 164 valence electrons. The molecule has 0 amide bonds. The van der Waals surface area contributed by atoms with Gasteiger partial charge in [0, 0.05) is 24.1 Å². The predicted molar refractivity (Wildman–Crippen MR) is 124 cm³/mol. The second kappa shape index (κ2) is 10.1. The lowest BCUT2D eigenvalue weighted by molar-refractivity contribution is 0.111. The number of benzene rings is 2. The summed E-state index contributed by atoms with van der Waals surface area (Å²) >= 11 is 0. The Morgan fingerprint density at radius 1 is 1.00 bits per heavy atom. The Morgan fingerprint density at radius 2 is 1.78 bits per heavy atom. The Kier molecular flexibility index (Phi) is 6.84. The lowest BCUT2D eigenvalue weighted by Gasteiger charge is -2.09. The van der Waals surface area contributed by atoms with E-state index in [0.717, 1.165) is 72.0 Å². The van der Waals surface area contributed by atoms with Crippen LogP contribution in [0.5, 0.6) is 0 Å². The average molecular weight is 429 g/mol. The average Bonchev–Trinajstić information content (AvgIpc) is 3.47. The summed E-state index contributed by atoms with van der Waals surface area (Å²) in [5.41, 5.74) is 7.04. The summed E-state index contributed by atoms with van der Waals surface area (Å²) in [4.78, 5) is 11.9. The van der Waals surface area contributed by atoms with E-state index in [4.69, 9.17) is 5.10 Å². The Hall–Kier alpha value is -3.61. The van der Waals surface area contributed by atoms with Crippen LogP contribution < -0.4 is 0 Å². The summed E-state index contributed by atoms with van der Waals surface area (Å²) in [6, 6.07) is 16.5. The first-order valence-electron chi connectivity index (χ1n) is 11.2. The van der Waals surface area contributed by atoms with Crippen LogP contribution in [0.2, 0.25) is 0 Å². The highest BCUT2D eigenvalue weighted by Gasteiger charge is 2.17. The molecule has 2 heterocycles. The Morgan fingerprint density at radius 3 is 2.44 bits per heavy atom. The van der Waals surface area contributed by atoms with Gasteiger partial charge in [-0.15, -0.1) is 10.2 Å². The number of unbranched alkanes of at least 4 members (excludes halogenated alkanes) is 1. The van der Waals surface area contributed by atoms with Crippen molar-refractivity contribution in [2.75, 3.05) is 0 Å². The van der Waals surface area contributed by atoms with E-state index in [1.165, 1.54) is 0 Å². The van der Waals surface area contributed by atoms with Crippen molar-refractivity contribution in [3.05, 3.63) is 71.0 Å². The maximum atomic E-state index is 11.9. The first-order chi connectivity index (χ1) is 15.7. The number of nitrogens with one attached hydrogen (secondary N) is 1. The second-order valence-corrected chi connectivity index (χ2v) is 7.91. The molecule has 0 bridgehead atoms. The number of aldehydes is 1. The zero-order valence-corrected chi connectivity index (χ0v) is 18.6. The quantitative estimate of drug-likeness (QED) is 0.363. The molecule has 0 aliphatic heterocycles. The van der Waals surface area contributed by atoms with Crippen LogP contribution in [-0.2, 0) is 19.4 Å². The van der Waals surface area contributed by atoms with Crippen molar-refractivity contribution in [3.8, 4) is 22.5 Å². The zero-order valence-electron chi connectivity index (χ0n) is 18.6. The Bertz CT molecular complexity index is 1160. The van der Waals surface area contributed by atoms with E-state index in [0.29, 0.717) is 17.9 Å². The van der Waals surface area contributed by atoms with Crippen molar-refractivity contribution in [3.63, 3.8) is 0 Å². The molecule has 0 aliphatic carbocycles. The maximum absolute atomic E-state index is 11.9. The molecular weight excluding hydrogens is 400 g/mol. The number of H-pyrrole nitrogens is 1. The van der Waals surface area contributed by atoms with Gasteiger partial charge in [-0.2, -0.15) is 10.3 Å². The fourth-order valence-corrected chi connectivity index (χ4v) is 4.03. The molecule has 0 spiro atoms. The largest absolute Gasteiger partial charge is 0.296 e. The molecule has 0 fully saturated rings. The minimum Gasteiger partial charge on any atom is -0.296 e. The number of rotatable bonds is 10. The van der Waals surface area contributed by atoms with E-state index < -0.39 is 0 Å². The number of tetrazole rings is 1. The maximum Gasteiger partial charge on any atom is 0.205 e. The van der Waals surface area contributed by atoms with Crippen molar-refractivity contribution in [1.82, 2.24) is 30.4 Å². The molecule has 0 saturated heterocycles. The zero-order chi connectivity index (χ0) is 22.3. The summed E-state index contributed by atoms with van der Waals surface area (Å²) in [6.07, 6.45) is 5.68. The molecule has 1 N–H and O–H groups in total. The number of hydrogen-bond donors (Lipinski definition) is 1. The predicted octanol–water partition coefficient (Wildman–Crippen LogP) is 4.89.